The van der Waals surface area contributed by atoms with E-state index in [4.69, 9.17) is 0 Å². The highest BCUT2D eigenvalue weighted by atomic mass is 16.1. The first-order chi connectivity index (χ1) is 23.9. The maximum Gasteiger partial charge on any atom is 0.151 e. The van der Waals surface area contributed by atoms with Gasteiger partial charge in [0.25, 0.3) is 0 Å². The van der Waals surface area contributed by atoms with Gasteiger partial charge >= 0.3 is 0 Å². The lowest BCUT2D eigenvalue weighted by Gasteiger charge is -2.27. The van der Waals surface area contributed by atoms with Crippen LogP contribution in [0, 0.1) is 30.6 Å². The van der Waals surface area contributed by atoms with Crippen LogP contribution in [0.15, 0.2) is 71.3 Å². The number of amidine groups is 1. The third-order valence-electron chi connectivity index (χ3n) is 9.24. The summed E-state index contributed by atoms with van der Waals surface area (Å²) in [4.78, 5) is 22.9. The summed E-state index contributed by atoms with van der Waals surface area (Å²) >= 11 is 0. The molecule has 2 N–H and O–H groups in total. The molecular formula is C45H74N4O. The van der Waals surface area contributed by atoms with Gasteiger partial charge in [0.1, 0.15) is 0 Å². The maximum absolute atomic E-state index is 10.9. The third-order valence-corrected chi connectivity index (χ3v) is 9.24. The van der Waals surface area contributed by atoms with Crippen molar-refractivity contribution in [3.8, 4) is 0 Å². The van der Waals surface area contributed by atoms with Gasteiger partial charge in [0.15, 0.2) is 6.29 Å². The molecule has 50 heavy (non-hydrogen) atoms. The second-order valence-corrected chi connectivity index (χ2v) is 12.8. The van der Waals surface area contributed by atoms with E-state index in [0.717, 1.165) is 58.0 Å². The number of nitrogens with one attached hydrogen (secondary N) is 2. The van der Waals surface area contributed by atoms with Crippen LogP contribution >= 0.6 is 0 Å². The van der Waals surface area contributed by atoms with Crippen LogP contribution in [0.3, 0.4) is 0 Å². The van der Waals surface area contributed by atoms with Crippen LogP contribution in [-0.4, -0.2) is 36.4 Å². The minimum absolute atomic E-state index is 0.268. The molecule has 5 heteroatoms. The number of allylic oxidation sites excluding steroid dienone is 4. The van der Waals surface area contributed by atoms with E-state index in [0.29, 0.717) is 11.5 Å². The molecule has 0 saturated heterocycles. The lowest BCUT2D eigenvalue weighted by molar-refractivity contribution is -0.104. The quantitative estimate of drug-likeness (QED) is 0.0572. The smallest absolute Gasteiger partial charge is 0.151 e. The van der Waals surface area contributed by atoms with Gasteiger partial charge in [-0.25, -0.2) is 0 Å². The minimum atomic E-state index is 0.268. The lowest BCUT2D eigenvalue weighted by atomic mass is 9.80. The largest absolute Gasteiger partial charge is 0.361 e. The molecule has 0 radical (unpaired) electrons. The first-order valence-electron chi connectivity index (χ1n) is 19.1. The van der Waals surface area contributed by atoms with E-state index in [9.17, 15) is 4.79 Å². The van der Waals surface area contributed by atoms with Crippen LogP contribution < -0.4 is 5.32 Å². The zero-order valence-corrected chi connectivity index (χ0v) is 34.5. The number of aldehydes is 1. The van der Waals surface area contributed by atoms with Crippen molar-refractivity contribution in [3.63, 3.8) is 0 Å². The number of aromatic amines is 1. The first kappa shape index (κ1) is 48.4. The van der Waals surface area contributed by atoms with Gasteiger partial charge in [-0.15, -0.1) is 0 Å². The summed E-state index contributed by atoms with van der Waals surface area (Å²) in [5, 5.41) is 3.31. The molecule has 4 atom stereocenters. The van der Waals surface area contributed by atoms with Crippen molar-refractivity contribution in [2.24, 2.45) is 33.7 Å². The lowest BCUT2D eigenvalue weighted by Crippen LogP contribution is -2.22. The number of benzene rings is 1. The monoisotopic (exact) mass is 687 g/mol. The van der Waals surface area contributed by atoms with Crippen LogP contribution in [0.4, 0.5) is 5.69 Å². The zero-order valence-electron chi connectivity index (χ0n) is 34.5. The fourth-order valence-corrected chi connectivity index (χ4v) is 5.29. The third kappa shape index (κ3) is 18.3. The number of nitrogens with zero attached hydrogens (tertiary/aromatic N) is 2. The van der Waals surface area contributed by atoms with Gasteiger partial charge in [-0.05, 0) is 91.8 Å². The molecule has 0 saturated carbocycles. The zero-order chi connectivity index (χ0) is 38.6. The molecule has 0 aliphatic carbocycles. The predicted molar refractivity (Wildman–Crippen MR) is 229 cm³/mol. The van der Waals surface area contributed by atoms with Crippen molar-refractivity contribution in [1.29, 1.82) is 0 Å². The van der Waals surface area contributed by atoms with Crippen molar-refractivity contribution in [2.45, 2.75) is 128 Å². The van der Waals surface area contributed by atoms with Crippen molar-refractivity contribution in [1.82, 2.24) is 4.98 Å². The molecule has 0 spiro atoms. The molecule has 1 aromatic heterocycles. The summed E-state index contributed by atoms with van der Waals surface area (Å²) in [5.74, 6) is 3.74. The Balaban J connectivity index is 0. The van der Waals surface area contributed by atoms with Crippen LogP contribution in [0.5, 0.6) is 0 Å². The van der Waals surface area contributed by atoms with Crippen molar-refractivity contribution in [3.05, 3.63) is 83.7 Å². The van der Waals surface area contributed by atoms with Gasteiger partial charge in [0, 0.05) is 42.5 Å². The van der Waals surface area contributed by atoms with Gasteiger partial charge in [-0.2, -0.15) is 0 Å². The molecule has 0 bridgehead atoms. The number of aliphatic imine (C=N–C) groups is 2. The predicted octanol–water partition coefficient (Wildman–Crippen LogP) is 13.3. The highest BCUT2D eigenvalue weighted by Crippen LogP contribution is 2.30. The van der Waals surface area contributed by atoms with Crippen LogP contribution in [0.2, 0.25) is 0 Å². The number of anilines is 1. The molecule has 2 aromatic rings. The molecule has 0 aliphatic heterocycles. The number of carbonyl (C=O) groups excluding carboxylic acids is 1. The normalized spacial score (nSPS) is 14.2. The second kappa shape index (κ2) is 29.0. The average Bonchev–Trinajstić information content (AvgIpc) is 3.55. The molecular weight excluding hydrogens is 613 g/mol. The van der Waals surface area contributed by atoms with Crippen molar-refractivity contribution in [2.75, 3.05) is 12.4 Å². The molecule has 0 amide bonds. The first-order valence-corrected chi connectivity index (χ1v) is 19.1. The number of aromatic nitrogens is 1. The summed E-state index contributed by atoms with van der Waals surface area (Å²) in [6, 6.07) is 8.54. The molecule has 2 rings (SSSR count). The van der Waals surface area contributed by atoms with E-state index in [-0.39, 0.29) is 6.04 Å². The number of rotatable bonds is 17. The van der Waals surface area contributed by atoms with Crippen molar-refractivity contribution < 1.29 is 4.79 Å². The fraction of sp³-hybridized carbons (Fsp3) is 0.533. The molecule has 1 aromatic carbocycles. The fourth-order valence-electron chi connectivity index (χ4n) is 5.29. The van der Waals surface area contributed by atoms with Gasteiger partial charge in [0.05, 0.1) is 5.84 Å². The second-order valence-electron chi connectivity index (χ2n) is 12.8. The van der Waals surface area contributed by atoms with Crippen molar-refractivity contribution >= 4 is 41.7 Å². The van der Waals surface area contributed by atoms with Gasteiger partial charge in [0.2, 0.25) is 0 Å². The van der Waals surface area contributed by atoms with E-state index >= 15 is 0 Å². The Morgan fingerprint density at radius 1 is 1.00 bits per heavy atom. The van der Waals surface area contributed by atoms with E-state index < -0.39 is 0 Å². The Bertz CT molecular complexity index is 1340. The van der Waals surface area contributed by atoms with Gasteiger partial charge in [-0.1, -0.05) is 138 Å². The molecule has 0 fully saturated rings. The Morgan fingerprint density at radius 3 is 2.14 bits per heavy atom. The Labute approximate surface area is 308 Å². The summed E-state index contributed by atoms with van der Waals surface area (Å²) in [5.41, 5.74) is 7.13. The Kier molecular flexibility index (Phi) is 28.1. The van der Waals surface area contributed by atoms with E-state index in [1.54, 1.807) is 13.3 Å². The summed E-state index contributed by atoms with van der Waals surface area (Å²) in [6.45, 7) is 35.5. The van der Waals surface area contributed by atoms with Crippen LogP contribution in [0.1, 0.15) is 138 Å². The standard InChI is InChI=1S/C21H39NO.C20H23N3.2C2H6/c1-8-11-21(13-10-12-17(5)16(3)4)18(6)19(7)22-14-20(9-2)15-23;1-6-16-8-9-18(13-20(16)23-15(4)21-5)17(7-2)12-19-14(3)10-11-22-19;2*1-2/h9,14-19,21H,8,10-13H2,1-7H3;6-13,22H,1-2H2,3-5H3,(H,21,23);2*1-2H3/b20-9+,22-14?;17-12+;;. The van der Waals surface area contributed by atoms with E-state index in [1.807, 2.05) is 72.0 Å². The molecule has 280 valence electrons. The summed E-state index contributed by atoms with van der Waals surface area (Å²) < 4.78 is 0. The highest BCUT2D eigenvalue weighted by Gasteiger charge is 2.22. The molecule has 0 aliphatic rings. The minimum Gasteiger partial charge on any atom is -0.361 e. The SMILES string of the molecule is C/C=C(/C=O)C=NC(C)C(C)C(CCC)CCCC(C)C(C)C.C=C/C(=C\c1[nH]ccc1C)c1ccc(C=C)c(NC(C)=NC)c1.CC.CC. The number of H-pyrrole nitrogens is 1. The Hall–Kier alpha value is -3.73. The average molecular weight is 687 g/mol. The maximum atomic E-state index is 10.9. The van der Waals surface area contributed by atoms with Crippen LogP contribution in [-0.2, 0) is 4.79 Å². The van der Waals surface area contributed by atoms with E-state index in [1.165, 1.54) is 37.7 Å². The van der Waals surface area contributed by atoms with Gasteiger partial charge < -0.3 is 10.3 Å². The number of carbonyl (C=O) groups is 1. The van der Waals surface area contributed by atoms with Gasteiger partial charge in [-0.3, -0.25) is 14.8 Å². The number of aryl methyl sites for hydroxylation is 1. The van der Waals surface area contributed by atoms with E-state index in [2.05, 4.69) is 106 Å². The summed E-state index contributed by atoms with van der Waals surface area (Å²) in [6.07, 6.45) is 18.6. The highest BCUT2D eigenvalue weighted by molar-refractivity contribution is 6.01. The molecule has 1 heterocycles. The van der Waals surface area contributed by atoms with Crippen LogP contribution in [0.25, 0.3) is 17.7 Å². The summed E-state index contributed by atoms with van der Waals surface area (Å²) in [7, 11) is 1.77. The topological polar surface area (TPSA) is 69.6 Å². The number of hydrogen-bond donors (Lipinski definition) is 2. The molecule has 5 nitrogen and oxygen atoms in total. The molecule has 4 unspecified atom stereocenters. The Morgan fingerprint density at radius 2 is 1.66 bits per heavy atom. The number of hydrogen-bond acceptors (Lipinski definition) is 3.